The number of rotatable bonds is 4. The molecule has 1 atom stereocenters. The van der Waals surface area contributed by atoms with E-state index in [1.165, 1.54) is 38.5 Å². The first kappa shape index (κ1) is 11.5. The van der Waals surface area contributed by atoms with Crippen LogP contribution in [0.1, 0.15) is 52.4 Å². The van der Waals surface area contributed by atoms with Gasteiger partial charge in [-0.1, -0.05) is 52.5 Å². The van der Waals surface area contributed by atoms with Gasteiger partial charge < -0.3 is 5.73 Å². The lowest BCUT2D eigenvalue weighted by Gasteiger charge is -2.08. The van der Waals surface area contributed by atoms with E-state index >= 15 is 0 Å². The van der Waals surface area contributed by atoms with E-state index in [9.17, 15) is 0 Å². The summed E-state index contributed by atoms with van der Waals surface area (Å²) in [4.78, 5) is 0. The van der Waals surface area contributed by atoms with Gasteiger partial charge in [-0.05, 0) is 12.3 Å². The van der Waals surface area contributed by atoms with Gasteiger partial charge in [0, 0.05) is 5.70 Å². The van der Waals surface area contributed by atoms with Crippen molar-refractivity contribution in [2.45, 2.75) is 52.4 Å². The average Bonchev–Trinajstić information content (AvgIpc) is 2.85. The van der Waals surface area contributed by atoms with E-state index in [0.717, 1.165) is 5.70 Å². The Hall–Kier alpha value is -0.460. The van der Waals surface area contributed by atoms with Crippen molar-refractivity contribution in [2.75, 3.05) is 0 Å². The SMILES string of the molecule is C1CC1.C=C(N)C(C)CCCC. The molecule has 1 nitrogen and oxygen atoms in total. The zero-order valence-corrected chi connectivity index (χ0v) is 8.60. The normalized spacial score (nSPS) is 15.8. The minimum Gasteiger partial charge on any atom is -0.402 e. The maximum Gasteiger partial charge on any atom is 0.00362 e. The van der Waals surface area contributed by atoms with Crippen LogP contribution >= 0.6 is 0 Å². The number of unbranched alkanes of at least 4 members (excludes halogenated alkanes) is 1. The summed E-state index contributed by atoms with van der Waals surface area (Å²) in [5, 5.41) is 0. The van der Waals surface area contributed by atoms with Crippen LogP contribution in [0, 0.1) is 5.92 Å². The Morgan fingerprint density at radius 2 is 1.92 bits per heavy atom. The molecule has 0 spiro atoms. The zero-order chi connectivity index (χ0) is 9.40. The Labute approximate surface area is 77.0 Å². The molecule has 0 aromatic heterocycles. The molecule has 1 unspecified atom stereocenters. The first-order valence-corrected chi connectivity index (χ1v) is 5.12. The molecule has 0 amide bonds. The van der Waals surface area contributed by atoms with Gasteiger partial charge in [0.1, 0.15) is 0 Å². The highest BCUT2D eigenvalue weighted by Crippen LogP contribution is 2.14. The van der Waals surface area contributed by atoms with Gasteiger partial charge >= 0.3 is 0 Å². The first-order chi connectivity index (χ1) is 5.68. The molecule has 0 bridgehead atoms. The van der Waals surface area contributed by atoms with Crippen molar-refractivity contribution in [2.24, 2.45) is 11.7 Å². The first-order valence-electron chi connectivity index (χ1n) is 5.12. The average molecular weight is 169 g/mol. The lowest BCUT2D eigenvalue weighted by molar-refractivity contribution is 0.569. The Morgan fingerprint density at radius 3 is 2.17 bits per heavy atom. The second kappa shape index (κ2) is 7.20. The molecule has 1 rings (SSSR count). The summed E-state index contributed by atoms with van der Waals surface area (Å²) in [7, 11) is 0. The van der Waals surface area contributed by atoms with E-state index in [1.807, 2.05) is 0 Å². The molecule has 12 heavy (non-hydrogen) atoms. The number of allylic oxidation sites excluding steroid dienone is 1. The van der Waals surface area contributed by atoms with Gasteiger partial charge in [-0.2, -0.15) is 0 Å². The third-order valence-electron chi connectivity index (χ3n) is 1.98. The smallest absolute Gasteiger partial charge is 0.00362 e. The molecule has 1 aliphatic rings. The lowest BCUT2D eigenvalue weighted by Crippen LogP contribution is -2.06. The van der Waals surface area contributed by atoms with E-state index in [4.69, 9.17) is 5.73 Å². The number of hydrogen-bond acceptors (Lipinski definition) is 1. The molecule has 0 heterocycles. The summed E-state index contributed by atoms with van der Waals surface area (Å²) >= 11 is 0. The minimum absolute atomic E-state index is 0.505. The number of hydrogen-bond donors (Lipinski definition) is 1. The van der Waals surface area contributed by atoms with Crippen molar-refractivity contribution in [3.8, 4) is 0 Å². The van der Waals surface area contributed by atoms with Crippen LogP contribution in [0.5, 0.6) is 0 Å². The van der Waals surface area contributed by atoms with E-state index in [1.54, 1.807) is 0 Å². The van der Waals surface area contributed by atoms with Crippen molar-refractivity contribution in [3.63, 3.8) is 0 Å². The molecular formula is C11H23N. The van der Waals surface area contributed by atoms with Crippen molar-refractivity contribution in [3.05, 3.63) is 12.3 Å². The van der Waals surface area contributed by atoms with E-state index < -0.39 is 0 Å². The molecule has 0 aliphatic heterocycles. The van der Waals surface area contributed by atoms with Crippen molar-refractivity contribution >= 4 is 0 Å². The highest BCUT2D eigenvalue weighted by atomic mass is 14.6. The fourth-order valence-electron chi connectivity index (χ4n) is 0.696. The van der Waals surface area contributed by atoms with Gasteiger partial charge in [0.15, 0.2) is 0 Å². The summed E-state index contributed by atoms with van der Waals surface area (Å²) in [6, 6.07) is 0. The van der Waals surface area contributed by atoms with E-state index in [-0.39, 0.29) is 0 Å². The Balaban J connectivity index is 0.000000330. The molecule has 0 aromatic carbocycles. The minimum atomic E-state index is 0.505. The molecule has 72 valence electrons. The number of nitrogens with two attached hydrogens (primary N) is 1. The quantitative estimate of drug-likeness (QED) is 0.685. The van der Waals surface area contributed by atoms with Crippen LogP contribution in [0.4, 0.5) is 0 Å². The van der Waals surface area contributed by atoms with Crippen LogP contribution in [0.2, 0.25) is 0 Å². The highest BCUT2D eigenvalue weighted by Gasteiger charge is 2.00. The Bertz CT molecular complexity index is 113. The van der Waals surface area contributed by atoms with Crippen molar-refractivity contribution in [1.82, 2.24) is 0 Å². The fraction of sp³-hybridized carbons (Fsp3) is 0.818. The summed E-state index contributed by atoms with van der Waals surface area (Å²) in [5.74, 6) is 0.505. The van der Waals surface area contributed by atoms with E-state index in [2.05, 4.69) is 20.4 Å². The third kappa shape index (κ3) is 9.54. The largest absolute Gasteiger partial charge is 0.402 e. The Kier molecular flexibility index (Phi) is 6.93. The zero-order valence-electron chi connectivity index (χ0n) is 8.60. The van der Waals surface area contributed by atoms with Crippen LogP contribution in [0.15, 0.2) is 12.3 Å². The van der Waals surface area contributed by atoms with Gasteiger partial charge in [0.05, 0.1) is 0 Å². The monoisotopic (exact) mass is 169 g/mol. The summed E-state index contributed by atoms with van der Waals surface area (Å²) in [5.41, 5.74) is 6.30. The molecule has 2 N–H and O–H groups in total. The van der Waals surface area contributed by atoms with Crippen molar-refractivity contribution < 1.29 is 0 Å². The maximum atomic E-state index is 5.48. The summed E-state index contributed by atoms with van der Waals surface area (Å²) in [6.07, 6.45) is 8.20. The van der Waals surface area contributed by atoms with E-state index in [0.29, 0.717) is 5.92 Å². The maximum absolute atomic E-state index is 5.48. The van der Waals surface area contributed by atoms with Gasteiger partial charge in [-0.25, -0.2) is 0 Å². The summed E-state index contributed by atoms with van der Waals surface area (Å²) in [6.45, 7) is 8.00. The Morgan fingerprint density at radius 1 is 1.42 bits per heavy atom. The van der Waals surface area contributed by atoms with Crippen LogP contribution in [-0.2, 0) is 0 Å². The van der Waals surface area contributed by atoms with Crippen LogP contribution in [-0.4, -0.2) is 0 Å². The lowest BCUT2D eigenvalue weighted by atomic mass is 10.0. The molecule has 1 saturated carbocycles. The highest BCUT2D eigenvalue weighted by molar-refractivity contribution is 4.91. The molecule has 1 heteroatoms. The van der Waals surface area contributed by atoms with Crippen LogP contribution in [0.3, 0.4) is 0 Å². The molecule has 0 radical (unpaired) electrons. The van der Waals surface area contributed by atoms with Gasteiger partial charge in [0.25, 0.3) is 0 Å². The second-order valence-electron chi connectivity index (χ2n) is 3.68. The predicted octanol–water partition coefficient (Wildman–Crippen LogP) is 3.46. The van der Waals surface area contributed by atoms with Crippen LogP contribution in [0.25, 0.3) is 0 Å². The third-order valence-corrected chi connectivity index (χ3v) is 1.98. The fourth-order valence-corrected chi connectivity index (χ4v) is 0.696. The standard InChI is InChI=1S/C8H17N.C3H6/c1-4-5-6-7(2)8(3)9;1-2-3-1/h7H,3-6,9H2,1-2H3;1-3H2. The van der Waals surface area contributed by atoms with Crippen molar-refractivity contribution in [1.29, 1.82) is 0 Å². The molecule has 1 fully saturated rings. The molecule has 0 aromatic rings. The topological polar surface area (TPSA) is 26.0 Å². The second-order valence-corrected chi connectivity index (χ2v) is 3.68. The predicted molar refractivity (Wildman–Crippen MR) is 55.9 cm³/mol. The summed E-state index contributed by atoms with van der Waals surface area (Å²) < 4.78 is 0. The molecular weight excluding hydrogens is 146 g/mol. The van der Waals surface area contributed by atoms with Gasteiger partial charge in [-0.15, -0.1) is 0 Å². The van der Waals surface area contributed by atoms with Gasteiger partial charge in [0.2, 0.25) is 0 Å². The van der Waals surface area contributed by atoms with Crippen LogP contribution < -0.4 is 5.73 Å². The molecule has 0 saturated heterocycles. The molecule has 1 aliphatic carbocycles. The van der Waals surface area contributed by atoms with Gasteiger partial charge in [-0.3, -0.25) is 0 Å².